The summed E-state index contributed by atoms with van der Waals surface area (Å²) in [7, 11) is 0. The summed E-state index contributed by atoms with van der Waals surface area (Å²) in [6.07, 6.45) is 2.97. The average Bonchev–Trinajstić information content (AvgIpc) is 3.07. The second-order valence-corrected chi connectivity index (χ2v) is 7.58. The number of aliphatic imine (C=N–C) groups is 1. The fourth-order valence-electron chi connectivity index (χ4n) is 3.11. The highest BCUT2D eigenvalue weighted by molar-refractivity contribution is 6.10. The monoisotopic (exact) mass is 421 g/mol. The standard InChI is InChI=1S/C24H28FN5O/c1-5-11-30-15-20(18(4)29-30)14-26-24(27-21-8-6-7-16(2)12-21)28-23(31)19-10-9-17(3)22(25)13-19/h6-10,12-13,15H,5,11,14H2,1-4H3,(H2,26,27,28,31). The number of carbonyl (C=O) groups excluding carboxylic acids is 1. The molecule has 0 spiro atoms. The molecule has 0 aliphatic carbocycles. The number of amides is 1. The van der Waals surface area contributed by atoms with Crippen molar-refractivity contribution in [2.75, 3.05) is 5.32 Å². The van der Waals surface area contributed by atoms with Gasteiger partial charge in [-0.1, -0.05) is 25.1 Å². The fraction of sp³-hybridized carbons (Fsp3) is 0.292. The maximum absolute atomic E-state index is 13.9. The van der Waals surface area contributed by atoms with Crippen LogP contribution in [0.1, 0.15) is 46.1 Å². The van der Waals surface area contributed by atoms with Crippen molar-refractivity contribution in [3.8, 4) is 0 Å². The second kappa shape index (κ2) is 10.0. The molecule has 0 bridgehead atoms. The van der Waals surface area contributed by atoms with Crippen LogP contribution in [-0.4, -0.2) is 21.6 Å². The predicted molar refractivity (Wildman–Crippen MR) is 122 cm³/mol. The highest BCUT2D eigenvalue weighted by Crippen LogP contribution is 2.12. The van der Waals surface area contributed by atoms with Gasteiger partial charge in [-0.15, -0.1) is 0 Å². The number of nitrogens with one attached hydrogen (secondary N) is 2. The molecule has 0 unspecified atom stereocenters. The lowest BCUT2D eigenvalue weighted by Crippen LogP contribution is -2.36. The number of rotatable bonds is 6. The Morgan fingerprint density at radius 3 is 2.68 bits per heavy atom. The lowest BCUT2D eigenvalue weighted by Gasteiger charge is -2.12. The van der Waals surface area contributed by atoms with Gasteiger partial charge in [0.15, 0.2) is 0 Å². The Hall–Kier alpha value is -3.48. The molecule has 0 saturated carbocycles. The summed E-state index contributed by atoms with van der Waals surface area (Å²) in [5.74, 6) is -0.563. The van der Waals surface area contributed by atoms with Crippen molar-refractivity contribution in [3.05, 3.63) is 82.4 Å². The van der Waals surface area contributed by atoms with Crippen LogP contribution in [0.25, 0.3) is 0 Å². The zero-order chi connectivity index (χ0) is 22.4. The Bertz CT molecular complexity index is 1100. The minimum Gasteiger partial charge on any atom is -0.326 e. The minimum absolute atomic E-state index is 0.230. The predicted octanol–water partition coefficient (Wildman–Crippen LogP) is 4.76. The van der Waals surface area contributed by atoms with E-state index < -0.39 is 11.7 Å². The van der Waals surface area contributed by atoms with E-state index in [1.807, 2.05) is 49.0 Å². The number of anilines is 1. The topological polar surface area (TPSA) is 71.3 Å². The lowest BCUT2D eigenvalue weighted by atomic mass is 10.1. The van der Waals surface area contributed by atoms with E-state index in [2.05, 4.69) is 27.6 Å². The highest BCUT2D eigenvalue weighted by Gasteiger charge is 2.12. The largest absolute Gasteiger partial charge is 0.326 e. The third kappa shape index (κ3) is 6.01. The summed E-state index contributed by atoms with van der Waals surface area (Å²) in [5, 5.41) is 10.4. The summed E-state index contributed by atoms with van der Waals surface area (Å²) in [6, 6.07) is 12.2. The number of guanidine groups is 1. The molecule has 31 heavy (non-hydrogen) atoms. The summed E-state index contributed by atoms with van der Waals surface area (Å²) >= 11 is 0. The van der Waals surface area contributed by atoms with E-state index in [-0.39, 0.29) is 5.56 Å². The van der Waals surface area contributed by atoms with Gasteiger partial charge in [0, 0.05) is 29.6 Å². The number of aromatic nitrogens is 2. The van der Waals surface area contributed by atoms with Gasteiger partial charge in [-0.05, 0) is 62.6 Å². The van der Waals surface area contributed by atoms with Gasteiger partial charge in [0.1, 0.15) is 5.82 Å². The summed E-state index contributed by atoms with van der Waals surface area (Å²) in [5.41, 5.74) is 4.48. The van der Waals surface area contributed by atoms with Crippen LogP contribution in [0.5, 0.6) is 0 Å². The molecule has 162 valence electrons. The van der Waals surface area contributed by atoms with Crippen molar-refractivity contribution in [3.63, 3.8) is 0 Å². The summed E-state index contributed by atoms with van der Waals surface area (Å²) in [6.45, 7) is 8.88. The van der Waals surface area contributed by atoms with E-state index in [4.69, 9.17) is 0 Å². The highest BCUT2D eigenvalue weighted by atomic mass is 19.1. The Labute approximate surface area is 182 Å². The van der Waals surface area contributed by atoms with E-state index in [1.54, 1.807) is 19.1 Å². The molecule has 1 aromatic heterocycles. The first-order valence-corrected chi connectivity index (χ1v) is 10.3. The molecular weight excluding hydrogens is 393 g/mol. The second-order valence-electron chi connectivity index (χ2n) is 7.58. The Balaban J connectivity index is 1.83. The van der Waals surface area contributed by atoms with Crippen LogP contribution in [0.3, 0.4) is 0 Å². The normalized spacial score (nSPS) is 11.5. The van der Waals surface area contributed by atoms with Gasteiger partial charge in [0.25, 0.3) is 5.91 Å². The van der Waals surface area contributed by atoms with Crippen LogP contribution < -0.4 is 10.6 Å². The van der Waals surface area contributed by atoms with Crippen molar-refractivity contribution < 1.29 is 9.18 Å². The number of benzene rings is 2. The average molecular weight is 422 g/mol. The molecule has 7 heteroatoms. The molecule has 2 N–H and O–H groups in total. The molecule has 0 aliphatic heterocycles. The van der Waals surface area contributed by atoms with E-state index in [0.717, 1.165) is 35.5 Å². The SMILES string of the molecule is CCCn1cc(CN=C(NC(=O)c2ccc(C)c(F)c2)Nc2cccc(C)c2)c(C)n1. The molecule has 0 fully saturated rings. The molecule has 0 saturated heterocycles. The van der Waals surface area contributed by atoms with Crippen LogP contribution in [-0.2, 0) is 13.1 Å². The molecule has 0 aliphatic rings. The Morgan fingerprint density at radius 2 is 1.97 bits per heavy atom. The van der Waals surface area contributed by atoms with E-state index in [0.29, 0.717) is 18.1 Å². The van der Waals surface area contributed by atoms with Crippen molar-refractivity contribution in [1.29, 1.82) is 0 Å². The van der Waals surface area contributed by atoms with Crippen molar-refractivity contribution in [2.45, 2.75) is 47.2 Å². The minimum atomic E-state index is -0.434. The lowest BCUT2D eigenvalue weighted by molar-refractivity contribution is 0.0976. The van der Waals surface area contributed by atoms with Gasteiger partial charge in [0.05, 0.1) is 12.2 Å². The van der Waals surface area contributed by atoms with E-state index in [1.165, 1.54) is 6.07 Å². The molecule has 6 nitrogen and oxygen atoms in total. The van der Waals surface area contributed by atoms with E-state index in [9.17, 15) is 9.18 Å². The molecule has 0 radical (unpaired) electrons. The molecule has 1 amide bonds. The van der Waals surface area contributed by atoms with Crippen LogP contribution in [0.4, 0.5) is 10.1 Å². The molecule has 0 atom stereocenters. The zero-order valence-electron chi connectivity index (χ0n) is 18.4. The third-order valence-corrected chi connectivity index (χ3v) is 4.86. The Morgan fingerprint density at radius 1 is 1.16 bits per heavy atom. The van der Waals surface area contributed by atoms with Crippen LogP contribution >= 0.6 is 0 Å². The molecule has 3 aromatic rings. The third-order valence-electron chi connectivity index (χ3n) is 4.86. The van der Waals surface area contributed by atoms with Crippen LogP contribution in [0.2, 0.25) is 0 Å². The first-order chi connectivity index (χ1) is 14.9. The van der Waals surface area contributed by atoms with Crippen LogP contribution in [0, 0.1) is 26.6 Å². The number of aryl methyl sites for hydroxylation is 4. The zero-order valence-corrected chi connectivity index (χ0v) is 18.4. The van der Waals surface area contributed by atoms with Gasteiger partial charge >= 0.3 is 0 Å². The first-order valence-electron chi connectivity index (χ1n) is 10.3. The number of hydrogen-bond donors (Lipinski definition) is 2. The fourth-order valence-corrected chi connectivity index (χ4v) is 3.11. The first kappa shape index (κ1) is 22.2. The number of carbonyl (C=O) groups is 1. The van der Waals surface area contributed by atoms with Gasteiger partial charge in [0.2, 0.25) is 5.96 Å². The number of nitrogens with zero attached hydrogens (tertiary/aromatic N) is 3. The van der Waals surface area contributed by atoms with Gasteiger partial charge in [-0.3, -0.25) is 14.8 Å². The maximum Gasteiger partial charge on any atom is 0.258 e. The van der Waals surface area contributed by atoms with Crippen molar-refractivity contribution in [2.24, 2.45) is 4.99 Å². The maximum atomic E-state index is 13.9. The van der Waals surface area contributed by atoms with Gasteiger partial charge < -0.3 is 5.32 Å². The smallest absolute Gasteiger partial charge is 0.258 e. The molecule has 3 rings (SSSR count). The van der Waals surface area contributed by atoms with Gasteiger partial charge in [-0.2, -0.15) is 5.10 Å². The molecule has 1 heterocycles. The quantitative estimate of drug-likeness (QED) is 0.445. The Kier molecular flexibility index (Phi) is 7.18. The van der Waals surface area contributed by atoms with E-state index >= 15 is 0 Å². The summed E-state index contributed by atoms with van der Waals surface area (Å²) in [4.78, 5) is 17.3. The summed E-state index contributed by atoms with van der Waals surface area (Å²) < 4.78 is 15.8. The van der Waals surface area contributed by atoms with Gasteiger partial charge in [-0.25, -0.2) is 9.38 Å². The van der Waals surface area contributed by atoms with Crippen LogP contribution in [0.15, 0.2) is 53.7 Å². The molecule has 2 aromatic carbocycles. The van der Waals surface area contributed by atoms with Crippen molar-refractivity contribution >= 4 is 17.6 Å². The molecular formula is C24H28FN5O. The van der Waals surface area contributed by atoms with Crippen molar-refractivity contribution in [1.82, 2.24) is 15.1 Å². The number of halogens is 1. The number of hydrogen-bond acceptors (Lipinski definition) is 3.